The number of benzene rings is 2. The SMILES string of the molecule is COc1cccc(N2CCN(C(=O)/C=C/c3ccc4c(c3)OCCCO4)CC2)c1. The van der Waals surface area contributed by atoms with Gasteiger partial charge in [-0.25, -0.2) is 0 Å². The van der Waals surface area contributed by atoms with Gasteiger partial charge < -0.3 is 24.0 Å². The Morgan fingerprint density at radius 2 is 1.79 bits per heavy atom. The first-order chi connectivity index (χ1) is 14.2. The maximum absolute atomic E-state index is 12.6. The van der Waals surface area contributed by atoms with Crippen molar-refractivity contribution in [1.29, 1.82) is 0 Å². The average molecular weight is 394 g/mol. The second-order valence-corrected chi connectivity index (χ2v) is 7.10. The molecule has 1 amide bonds. The van der Waals surface area contributed by atoms with E-state index in [2.05, 4.69) is 11.0 Å². The number of carbonyl (C=O) groups is 1. The van der Waals surface area contributed by atoms with Gasteiger partial charge in [0.25, 0.3) is 0 Å². The number of methoxy groups -OCH3 is 1. The molecule has 2 aromatic carbocycles. The molecule has 0 aliphatic carbocycles. The predicted molar refractivity (Wildman–Crippen MR) is 113 cm³/mol. The normalized spacial score (nSPS) is 16.6. The minimum Gasteiger partial charge on any atom is -0.497 e. The van der Waals surface area contributed by atoms with Crippen LogP contribution < -0.4 is 19.1 Å². The van der Waals surface area contributed by atoms with Gasteiger partial charge in [-0.3, -0.25) is 4.79 Å². The molecule has 2 heterocycles. The zero-order chi connectivity index (χ0) is 20.1. The van der Waals surface area contributed by atoms with Gasteiger partial charge in [-0.15, -0.1) is 0 Å². The number of carbonyl (C=O) groups excluding carboxylic acids is 1. The Morgan fingerprint density at radius 1 is 1.00 bits per heavy atom. The van der Waals surface area contributed by atoms with Crippen LogP contribution in [0.3, 0.4) is 0 Å². The van der Waals surface area contributed by atoms with E-state index in [9.17, 15) is 4.79 Å². The third-order valence-electron chi connectivity index (χ3n) is 5.20. The summed E-state index contributed by atoms with van der Waals surface area (Å²) in [5, 5.41) is 0. The van der Waals surface area contributed by atoms with Crippen LogP contribution in [0.1, 0.15) is 12.0 Å². The molecule has 0 bridgehead atoms. The van der Waals surface area contributed by atoms with Gasteiger partial charge in [0.2, 0.25) is 5.91 Å². The smallest absolute Gasteiger partial charge is 0.246 e. The van der Waals surface area contributed by atoms with Crippen molar-refractivity contribution in [3.05, 3.63) is 54.1 Å². The summed E-state index contributed by atoms with van der Waals surface area (Å²) in [5.74, 6) is 2.38. The van der Waals surface area contributed by atoms with Crippen molar-refractivity contribution in [2.45, 2.75) is 6.42 Å². The fourth-order valence-corrected chi connectivity index (χ4v) is 3.55. The third-order valence-corrected chi connectivity index (χ3v) is 5.20. The summed E-state index contributed by atoms with van der Waals surface area (Å²) in [6.45, 7) is 4.32. The number of amides is 1. The van der Waals surface area contributed by atoms with E-state index in [0.717, 1.165) is 48.0 Å². The van der Waals surface area contributed by atoms with Crippen LogP contribution in [-0.2, 0) is 4.79 Å². The highest BCUT2D eigenvalue weighted by molar-refractivity contribution is 5.92. The molecule has 0 atom stereocenters. The van der Waals surface area contributed by atoms with Crippen molar-refractivity contribution < 1.29 is 19.0 Å². The Labute approximate surface area is 171 Å². The van der Waals surface area contributed by atoms with Crippen LogP contribution >= 0.6 is 0 Å². The lowest BCUT2D eigenvalue weighted by Crippen LogP contribution is -2.48. The van der Waals surface area contributed by atoms with Gasteiger partial charge in [0, 0.05) is 50.4 Å². The second-order valence-electron chi connectivity index (χ2n) is 7.10. The molecule has 2 aliphatic rings. The molecular formula is C23H26N2O4. The molecule has 2 aromatic rings. The average Bonchev–Trinajstić information content (AvgIpc) is 3.02. The van der Waals surface area contributed by atoms with Crippen LogP contribution in [-0.4, -0.2) is 57.3 Å². The van der Waals surface area contributed by atoms with Gasteiger partial charge in [-0.1, -0.05) is 12.1 Å². The van der Waals surface area contributed by atoms with Crippen LogP contribution in [0.4, 0.5) is 5.69 Å². The Hall–Kier alpha value is -3.15. The van der Waals surface area contributed by atoms with Gasteiger partial charge in [0.05, 0.1) is 20.3 Å². The molecule has 29 heavy (non-hydrogen) atoms. The minimum absolute atomic E-state index is 0.0300. The molecule has 1 saturated heterocycles. The van der Waals surface area contributed by atoms with Gasteiger partial charge >= 0.3 is 0 Å². The first-order valence-corrected chi connectivity index (χ1v) is 9.98. The lowest BCUT2D eigenvalue weighted by Gasteiger charge is -2.35. The fraction of sp³-hybridized carbons (Fsp3) is 0.348. The number of anilines is 1. The molecule has 0 radical (unpaired) electrons. The third kappa shape index (κ3) is 4.65. The van der Waals surface area contributed by atoms with Crippen molar-refractivity contribution in [3.63, 3.8) is 0 Å². The maximum Gasteiger partial charge on any atom is 0.246 e. The molecule has 152 valence electrons. The Balaban J connectivity index is 1.34. The summed E-state index contributed by atoms with van der Waals surface area (Å²) in [7, 11) is 1.67. The van der Waals surface area contributed by atoms with Gasteiger partial charge in [-0.2, -0.15) is 0 Å². The molecule has 2 aliphatic heterocycles. The molecule has 0 unspecified atom stereocenters. The quantitative estimate of drug-likeness (QED) is 0.746. The Bertz CT molecular complexity index is 888. The van der Waals surface area contributed by atoms with Crippen LogP contribution in [0.2, 0.25) is 0 Å². The topological polar surface area (TPSA) is 51.2 Å². The Kier molecular flexibility index (Phi) is 5.89. The first-order valence-electron chi connectivity index (χ1n) is 9.98. The highest BCUT2D eigenvalue weighted by atomic mass is 16.5. The number of ether oxygens (including phenoxy) is 3. The number of nitrogens with zero attached hydrogens (tertiary/aromatic N) is 2. The number of piperazine rings is 1. The van der Waals surface area contributed by atoms with E-state index in [0.29, 0.717) is 26.3 Å². The standard InChI is InChI=1S/C23H26N2O4/c1-27-20-5-2-4-19(17-20)24-10-12-25(13-11-24)23(26)9-7-18-6-8-21-22(16-18)29-15-3-14-28-21/h2,4-9,16-17H,3,10-15H2,1H3/b9-7+. The van der Waals surface area contributed by atoms with E-state index < -0.39 is 0 Å². The van der Waals surface area contributed by atoms with Crippen molar-refractivity contribution in [1.82, 2.24) is 4.90 Å². The summed E-state index contributed by atoms with van der Waals surface area (Å²) < 4.78 is 16.7. The summed E-state index contributed by atoms with van der Waals surface area (Å²) >= 11 is 0. The summed E-state index contributed by atoms with van der Waals surface area (Å²) in [5.41, 5.74) is 2.05. The molecule has 0 saturated carbocycles. The van der Waals surface area contributed by atoms with Crippen molar-refractivity contribution in [2.75, 3.05) is 51.4 Å². The summed E-state index contributed by atoms with van der Waals surface area (Å²) in [4.78, 5) is 16.8. The number of hydrogen-bond acceptors (Lipinski definition) is 5. The van der Waals surface area contributed by atoms with Crippen molar-refractivity contribution >= 4 is 17.7 Å². The van der Waals surface area contributed by atoms with E-state index >= 15 is 0 Å². The zero-order valence-corrected chi connectivity index (χ0v) is 16.7. The maximum atomic E-state index is 12.6. The van der Waals surface area contributed by atoms with Crippen LogP contribution in [0.25, 0.3) is 6.08 Å². The number of fused-ring (bicyclic) bond motifs is 1. The predicted octanol–water partition coefficient (Wildman–Crippen LogP) is 3.22. The zero-order valence-electron chi connectivity index (χ0n) is 16.7. The second kappa shape index (κ2) is 8.90. The molecule has 6 heteroatoms. The van der Waals surface area contributed by atoms with E-state index in [-0.39, 0.29) is 5.91 Å². The van der Waals surface area contributed by atoms with Crippen LogP contribution in [0.5, 0.6) is 17.2 Å². The van der Waals surface area contributed by atoms with Crippen molar-refractivity contribution in [2.24, 2.45) is 0 Å². The van der Waals surface area contributed by atoms with E-state index in [1.54, 1.807) is 13.2 Å². The van der Waals surface area contributed by atoms with E-state index in [1.165, 1.54) is 0 Å². The summed E-state index contributed by atoms with van der Waals surface area (Å²) in [6.07, 6.45) is 4.35. The van der Waals surface area contributed by atoms with Crippen LogP contribution in [0, 0.1) is 0 Å². The lowest BCUT2D eigenvalue weighted by molar-refractivity contribution is -0.126. The lowest BCUT2D eigenvalue weighted by atomic mass is 10.1. The van der Waals surface area contributed by atoms with E-state index in [4.69, 9.17) is 14.2 Å². The molecule has 1 fully saturated rings. The number of hydrogen-bond donors (Lipinski definition) is 0. The van der Waals surface area contributed by atoms with Gasteiger partial charge in [-0.05, 0) is 35.9 Å². The molecular weight excluding hydrogens is 368 g/mol. The van der Waals surface area contributed by atoms with Gasteiger partial charge in [0.1, 0.15) is 5.75 Å². The summed E-state index contributed by atoms with van der Waals surface area (Å²) in [6, 6.07) is 13.8. The largest absolute Gasteiger partial charge is 0.497 e. The monoisotopic (exact) mass is 394 g/mol. The Morgan fingerprint density at radius 3 is 2.59 bits per heavy atom. The molecule has 0 N–H and O–H groups in total. The van der Waals surface area contributed by atoms with E-state index in [1.807, 2.05) is 47.4 Å². The van der Waals surface area contributed by atoms with Crippen molar-refractivity contribution in [3.8, 4) is 17.2 Å². The first kappa shape index (κ1) is 19.2. The fourth-order valence-electron chi connectivity index (χ4n) is 3.55. The highest BCUT2D eigenvalue weighted by Gasteiger charge is 2.20. The van der Waals surface area contributed by atoms with Gasteiger partial charge in [0.15, 0.2) is 11.5 Å². The molecule has 0 aromatic heterocycles. The highest BCUT2D eigenvalue weighted by Crippen LogP contribution is 2.30. The molecule has 6 nitrogen and oxygen atoms in total. The molecule has 0 spiro atoms. The molecule has 4 rings (SSSR count). The van der Waals surface area contributed by atoms with Crippen LogP contribution in [0.15, 0.2) is 48.5 Å². The minimum atomic E-state index is 0.0300. The number of rotatable bonds is 4.